The molecule has 0 fully saturated rings. The van der Waals surface area contributed by atoms with Gasteiger partial charge in [0.2, 0.25) is 0 Å². The van der Waals surface area contributed by atoms with E-state index in [2.05, 4.69) is 24.1 Å². The van der Waals surface area contributed by atoms with Gasteiger partial charge in [0.1, 0.15) is 0 Å². The topological polar surface area (TPSA) is 58.6 Å². The quantitative estimate of drug-likeness (QED) is 0.727. The van der Waals surface area contributed by atoms with Gasteiger partial charge in [0.05, 0.1) is 23.5 Å². The Labute approximate surface area is 161 Å². The second-order valence-electron chi connectivity index (χ2n) is 6.28. The van der Waals surface area contributed by atoms with Crippen molar-refractivity contribution in [2.75, 3.05) is 29.9 Å². The smallest absolute Gasteiger partial charge is 0.338 e. The summed E-state index contributed by atoms with van der Waals surface area (Å²) in [5, 5.41) is 2.99. The van der Waals surface area contributed by atoms with Crippen molar-refractivity contribution in [1.29, 1.82) is 0 Å². The number of carbonyl (C=O) groups excluding carboxylic acids is 2. The first-order valence-corrected chi connectivity index (χ1v) is 9.37. The number of nitrogens with zero attached hydrogens (tertiary/aromatic N) is 1. The third-order valence-electron chi connectivity index (χ3n) is 4.72. The largest absolute Gasteiger partial charge is 0.462 e. The van der Waals surface area contributed by atoms with Crippen LogP contribution >= 0.6 is 0 Å². The van der Waals surface area contributed by atoms with Gasteiger partial charge in [-0.25, -0.2) is 4.79 Å². The lowest BCUT2D eigenvalue weighted by molar-refractivity contribution is 0.0525. The highest BCUT2D eigenvalue weighted by Crippen LogP contribution is 2.35. The monoisotopic (exact) mass is 368 g/mol. The van der Waals surface area contributed by atoms with Gasteiger partial charge in [-0.1, -0.05) is 18.2 Å². The molecule has 5 heteroatoms. The molecule has 27 heavy (non-hydrogen) atoms. The summed E-state index contributed by atoms with van der Waals surface area (Å²) < 4.78 is 5.20. The number of esters is 1. The minimum atomic E-state index is -0.376. The van der Waals surface area contributed by atoms with E-state index in [1.807, 2.05) is 32.0 Å². The summed E-state index contributed by atoms with van der Waals surface area (Å²) in [5.74, 6) is -0.582. The summed E-state index contributed by atoms with van der Waals surface area (Å²) in [4.78, 5) is 27.3. The normalized spacial score (nSPS) is 10.4. The van der Waals surface area contributed by atoms with E-state index in [4.69, 9.17) is 4.74 Å². The molecule has 1 amide bonds. The third-order valence-corrected chi connectivity index (χ3v) is 4.72. The Balaban J connectivity index is 2.57. The van der Waals surface area contributed by atoms with E-state index in [1.54, 1.807) is 25.1 Å². The highest BCUT2D eigenvalue weighted by molar-refractivity contribution is 6.07. The van der Waals surface area contributed by atoms with E-state index in [0.717, 1.165) is 29.9 Å². The molecule has 2 aromatic rings. The molecule has 0 saturated carbocycles. The van der Waals surface area contributed by atoms with E-state index >= 15 is 0 Å². The van der Waals surface area contributed by atoms with E-state index in [0.29, 0.717) is 23.4 Å². The summed E-state index contributed by atoms with van der Waals surface area (Å²) in [6.45, 7) is 11.7. The van der Waals surface area contributed by atoms with Crippen LogP contribution in [0.1, 0.15) is 52.6 Å². The molecule has 2 aromatic carbocycles. The van der Waals surface area contributed by atoms with E-state index in [9.17, 15) is 9.59 Å². The number of hydrogen-bond acceptors (Lipinski definition) is 4. The molecule has 0 radical (unpaired) electrons. The molecular weight excluding hydrogens is 340 g/mol. The van der Waals surface area contributed by atoms with Gasteiger partial charge in [-0.3, -0.25) is 4.79 Å². The van der Waals surface area contributed by atoms with E-state index in [1.165, 1.54) is 0 Å². The summed E-state index contributed by atoms with van der Waals surface area (Å²) in [6, 6.07) is 10.8. The molecule has 0 aliphatic rings. The second-order valence-corrected chi connectivity index (χ2v) is 6.28. The summed E-state index contributed by atoms with van der Waals surface area (Å²) >= 11 is 0. The number of ether oxygens (including phenoxy) is 1. The number of carbonyl (C=O) groups is 2. The minimum Gasteiger partial charge on any atom is -0.462 e. The van der Waals surface area contributed by atoms with Crippen molar-refractivity contribution < 1.29 is 14.3 Å². The molecule has 0 spiro atoms. The van der Waals surface area contributed by atoms with Crippen molar-refractivity contribution in [2.45, 2.75) is 34.6 Å². The zero-order valence-electron chi connectivity index (χ0n) is 16.8. The lowest BCUT2D eigenvalue weighted by Crippen LogP contribution is -2.26. The highest BCUT2D eigenvalue weighted by atomic mass is 16.5. The lowest BCUT2D eigenvalue weighted by atomic mass is 9.98. The third kappa shape index (κ3) is 4.48. The van der Waals surface area contributed by atoms with Gasteiger partial charge < -0.3 is 15.0 Å². The van der Waals surface area contributed by atoms with Crippen molar-refractivity contribution >= 4 is 23.3 Å². The number of hydrogen-bond donors (Lipinski definition) is 1. The van der Waals surface area contributed by atoms with Gasteiger partial charge in [0.15, 0.2) is 0 Å². The first-order valence-electron chi connectivity index (χ1n) is 9.37. The van der Waals surface area contributed by atoms with Crippen LogP contribution in [0.4, 0.5) is 11.4 Å². The Morgan fingerprint density at radius 1 is 1.00 bits per heavy atom. The van der Waals surface area contributed by atoms with Gasteiger partial charge in [0.25, 0.3) is 5.91 Å². The maximum Gasteiger partial charge on any atom is 0.338 e. The van der Waals surface area contributed by atoms with Gasteiger partial charge in [-0.15, -0.1) is 0 Å². The number of nitrogens with one attached hydrogen (secondary N) is 1. The molecule has 0 aromatic heterocycles. The van der Waals surface area contributed by atoms with Crippen LogP contribution in [0, 0.1) is 13.8 Å². The number of benzene rings is 2. The maximum absolute atomic E-state index is 12.7. The predicted octanol–water partition coefficient (Wildman–Crippen LogP) is 4.58. The van der Waals surface area contributed by atoms with Crippen LogP contribution in [0.25, 0.3) is 0 Å². The fourth-order valence-corrected chi connectivity index (χ4v) is 3.15. The molecule has 0 saturated heterocycles. The van der Waals surface area contributed by atoms with Crippen LogP contribution in [0.15, 0.2) is 36.4 Å². The van der Waals surface area contributed by atoms with Crippen LogP contribution in [0.5, 0.6) is 0 Å². The first-order chi connectivity index (χ1) is 12.9. The lowest BCUT2D eigenvalue weighted by Gasteiger charge is -2.28. The van der Waals surface area contributed by atoms with Crippen molar-refractivity contribution in [3.63, 3.8) is 0 Å². The molecule has 0 bridgehead atoms. The molecule has 0 atom stereocenters. The standard InChI is InChI=1S/C22H28N2O3/c1-6-24(7-2)20-16(5)15(4)18(22(26)27-8-3)14-19(20)23-21(25)17-12-10-9-11-13-17/h9-14H,6-8H2,1-5H3,(H,23,25). The summed E-state index contributed by atoms with van der Waals surface area (Å²) in [5.41, 5.74) is 4.45. The fraction of sp³-hybridized carbons (Fsp3) is 0.364. The molecule has 0 aliphatic carbocycles. The SMILES string of the molecule is CCOC(=O)c1cc(NC(=O)c2ccccc2)c(N(CC)CC)c(C)c1C. The maximum atomic E-state index is 12.7. The van der Waals surface area contributed by atoms with Gasteiger partial charge in [0, 0.05) is 18.7 Å². The first kappa shape index (κ1) is 20.5. The Morgan fingerprint density at radius 3 is 2.19 bits per heavy atom. The Hall–Kier alpha value is -2.82. The Kier molecular flexibility index (Phi) is 6.99. The van der Waals surface area contributed by atoms with Gasteiger partial charge in [-0.05, 0) is 63.9 Å². The Bertz CT molecular complexity index is 812. The van der Waals surface area contributed by atoms with Gasteiger partial charge in [-0.2, -0.15) is 0 Å². The van der Waals surface area contributed by atoms with Gasteiger partial charge >= 0.3 is 5.97 Å². The van der Waals surface area contributed by atoms with Crippen molar-refractivity contribution in [1.82, 2.24) is 0 Å². The average Bonchev–Trinajstić information content (AvgIpc) is 2.68. The van der Waals surface area contributed by atoms with Crippen molar-refractivity contribution in [2.24, 2.45) is 0 Å². The average molecular weight is 368 g/mol. The number of anilines is 2. The van der Waals surface area contributed by atoms with Crippen LogP contribution in [0.3, 0.4) is 0 Å². The molecule has 2 rings (SSSR count). The van der Waals surface area contributed by atoms with Crippen LogP contribution in [-0.4, -0.2) is 31.6 Å². The summed E-state index contributed by atoms with van der Waals surface area (Å²) in [7, 11) is 0. The van der Waals surface area contributed by atoms with Crippen molar-refractivity contribution in [3.05, 3.63) is 58.7 Å². The minimum absolute atomic E-state index is 0.206. The molecule has 144 valence electrons. The zero-order valence-corrected chi connectivity index (χ0v) is 16.8. The van der Waals surface area contributed by atoms with E-state index < -0.39 is 0 Å². The highest BCUT2D eigenvalue weighted by Gasteiger charge is 2.22. The number of rotatable bonds is 7. The zero-order chi connectivity index (χ0) is 20.0. The second kappa shape index (κ2) is 9.21. The van der Waals surface area contributed by atoms with Crippen molar-refractivity contribution in [3.8, 4) is 0 Å². The number of amides is 1. The molecule has 0 unspecified atom stereocenters. The fourth-order valence-electron chi connectivity index (χ4n) is 3.15. The Morgan fingerprint density at radius 2 is 1.63 bits per heavy atom. The molecular formula is C22H28N2O3. The van der Waals surface area contributed by atoms with E-state index in [-0.39, 0.29) is 11.9 Å². The molecule has 5 nitrogen and oxygen atoms in total. The molecule has 1 N–H and O–H groups in total. The summed E-state index contributed by atoms with van der Waals surface area (Å²) in [6.07, 6.45) is 0. The molecule has 0 heterocycles. The van der Waals surface area contributed by atoms with Crippen LogP contribution in [-0.2, 0) is 4.74 Å². The molecule has 0 aliphatic heterocycles. The van der Waals surface area contributed by atoms with Crippen LogP contribution < -0.4 is 10.2 Å². The van der Waals surface area contributed by atoms with Crippen LogP contribution in [0.2, 0.25) is 0 Å². The predicted molar refractivity (Wildman–Crippen MR) is 110 cm³/mol.